The van der Waals surface area contributed by atoms with Crippen molar-refractivity contribution < 1.29 is 13.6 Å². The number of thioether (sulfide) groups is 1. The van der Waals surface area contributed by atoms with E-state index in [1.807, 2.05) is 21.9 Å². The van der Waals surface area contributed by atoms with Gasteiger partial charge in [-0.15, -0.1) is 21.5 Å². The average molecular weight is 376 g/mol. The van der Waals surface area contributed by atoms with E-state index in [1.54, 1.807) is 17.7 Å². The van der Waals surface area contributed by atoms with Crippen molar-refractivity contribution in [1.29, 1.82) is 0 Å². The molecule has 4 rings (SSSR count). The smallest absolute Gasteiger partial charge is 0.234 e. The Labute approximate surface area is 148 Å². The van der Waals surface area contributed by atoms with Crippen molar-refractivity contribution in [3.8, 4) is 0 Å². The minimum absolute atomic E-state index is 0.0317. The summed E-state index contributed by atoms with van der Waals surface area (Å²) in [6, 6.07) is 6.99. The quantitative estimate of drug-likeness (QED) is 0.548. The lowest BCUT2D eigenvalue weighted by molar-refractivity contribution is -0.113. The predicted molar refractivity (Wildman–Crippen MR) is 94.1 cm³/mol. The highest BCUT2D eigenvalue weighted by Crippen LogP contribution is 2.29. The summed E-state index contributed by atoms with van der Waals surface area (Å²) >= 11 is 2.82. The van der Waals surface area contributed by atoms with Gasteiger partial charge in [0.05, 0.1) is 27.2 Å². The van der Waals surface area contributed by atoms with Crippen LogP contribution in [0.1, 0.15) is 0 Å². The van der Waals surface area contributed by atoms with Gasteiger partial charge in [0.2, 0.25) is 5.91 Å². The van der Waals surface area contributed by atoms with Gasteiger partial charge in [-0.05, 0) is 29.6 Å². The number of benzene rings is 1. The second kappa shape index (κ2) is 6.41. The van der Waals surface area contributed by atoms with E-state index in [0.29, 0.717) is 5.03 Å². The van der Waals surface area contributed by atoms with E-state index >= 15 is 0 Å². The number of carbonyl (C=O) groups excluding carboxylic acids is 1. The van der Waals surface area contributed by atoms with Crippen LogP contribution in [0.25, 0.3) is 15.7 Å². The Bertz CT molecular complexity index is 1090. The summed E-state index contributed by atoms with van der Waals surface area (Å²) < 4.78 is 29.5. The van der Waals surface area contributed by atoms with Crippen LogP contribution in [0.4, 0.5) is 14.5 Å². The van der Waals surface area contributed by atoms with Crippen molar-refractivity contribution >= 4 is 50.4 Å². The first-order valence-corrected chi connectivity index (χ1v) is 9.06. The zero-order chi connectivity index (χ0) is 17.4. The SMILES string of the molecule is O=C(CSc1nncn2c1cc1sccc12)Nc1ccc(F)cc1F. The summed E-state index contributed by atoms with van der Waals surface area (Å²) in [5.74, 6) is -1.89. The highest BCUT2D eigenvalue weighted by atomic mass is 32.2. The van der Waals surface area contributed by atoms with Crippen LogP contribution in [0.2, 0.25) is 0 Å². The Morgan fingerprint density at radius 1 is 1.24 bits per heavy atom. The number of fused-ring (bicyclic) bond motifs is 3. The van der Waals surface area contributed by atoms with Gasteiger partial charge >= 0.3 is 0 Å². The molecule has 25 heavy (non-hydrogen) atoms. The van der Waals surface area contributed by atoms with Crippen molar-refractivity contribution in [2.24, 2.45) is 0 Å². The molecule has 4 aromatic rings. The monoisotopic (exact) mass is 376 g/mol. The summed E-state index contributed by atoms with van der Waals surface area (Å²) in [5.41, 5.74) is 1.84. The molecular weight excluding hydrogens is 366 g/mol. The van der Waals surface area contributed by atoms with E-state index in [9.17, 15) is 13.6 Å². The Morgan fingerprint density at radius 2 is 2.12 bits per heavy atom. The number of hydrogen-bond donors (Lipinski definition) is 1. The topological polar surface area (TPSA) is 59.3 Å². The Kier molecular flexibility index (Phi) is 4.10. The van der Waals surface area contributed by atoms with Crippen LogP contribution in [0.15, 0.2) is 47.1 Å². The molecule has 0 aliphatic carbocycles. The maximum absolute atomic E-state index is 13.6. The number of amides is 1. The molecule has 0 saturated heterocycles. The van der Waals surface area contributed by atoms with Gasteiger partial charge in [-0.2, -0.15) is 0 Å². The van der Waals surface area contributed by atoms with Gasteiger partial charge in [0.25, 0.3) is 0 Å². The normalized spacial score (nSPS) is 11.3. The molecule has 1 N–H and O–H groups in total. The summed E-state index contributed by atoms with van der Waals surface area (Å²) in [6.07, 6.45) is 1.63. The van der Waals surface area contributed by atoms with E-state index in [0.717, 1.165) is 27.9 Å². The lowest BCUT2D eigenvalue weighted by atomic mass is 10.3. The van der Waals surface area contributed by atoms with E-state index in [-0.39, 0.29) is 11.4 Å². The fraction of sp³-hybridized carbons (Fsp3) is 0.0625. The molecule has 0 aliphatic rings. The van der Waals surface area contributed by atoms with Crippen LogP contribution in [-0.2, 0) is 4.79 Å². The Morgan fingerprint density at radius 3 is 2.96 bits per heavy atom. The summed E-state index contributed by atoms with van der Waals surface area (Å²) in [4.78, 5) is 12.0. The van der Waals surface area contributed by atoms with Gasteiger partial charge < -0.3 is 5.32 Å². The second-order valence-electron chi connectivity index (χ2n) is 5.17. The predicted octanol–water partition coefficient (Wildman–Crippen LogP) is 3.95. The first kappa shape index (κ1) is 16.0. The number of aromatic nitrogens is 3. The first-order chi connectivity index (χ1) is 12.1. The third-order valence-corrected chi connectivity index (χ3v) is 5.36. The van der Waals surface area contributed by atoms with Crippen LogP contribution in [0.5, 0.6) is 0 Å². The summed E-state index contributed by atoms with van der Waals surface area (Å²) in [7, 11) is 0. The van der Waals surface area contributed by atoms with Gasteiger partial charge in [-0.3, -0.25) is 9.20 Å². The molecule has 1 amide bonds. The van der Waals surface area contributed by atoms with E-state index < -0.39 is 17.5 Å². The number of rotatable bonds is 4. The average Bonchev–Trinajstić information content (AvgIpc) is 3.17. The molecule has 3 aromatic heterocycles. The number of thiophene rings is 1. The molecule has 0 aliphatic heterocycles. The highest BCUT2D eigenvalue weighted by molar-refractivity contribution is 8.00. The van der Waals surface area contributed by atoms with Crippen molar-refractivity contribution in [3.05, 3.63) is 53.7 Å². The molecule has 0 spiro atoms. The molecular formula is C16H10F2N4OS2. The van der Waals surface area contributed by atoms with Gasteiger partial charge in [0, 0.05) is 6.07 Å². The molecule has 1 aromatic carbocycles. The van der Waals surface area contributed by atoms with Gasteiger partial charge in [-0.1, -0.05) is 11.8 Å². The van der Waals surface area contributed by atoms with E-state index in [2.05, 4.69) is 15.5 Å². The van der Waals surface area contributed by atoms with Crippen molar-refractivity contribution in [3.63, 3.8) is 0 Å². The van der Waals surface area contributed by atoms with Crippen LogP contribution >= 0.6 is 23.1 Å². The van der Waals surface area contributed by atoms with Crippen molar-refractivity contribution in [2.45, 2.75) is 5.03 Å². The van der Waals surface area contributed by atoms with Crippen molar-refractivity contribution in [1.82, 2.24) is 14.6 Å². The van der Waals surface area contributed by atoms with Gasteiger partial charge in [0.15, 0.2) is 0 Å². The number of halogens is 2. The lowest BCUT2D eigenvalue weighted by Gasteiger charge is -2.06. The molecule has 126 valence electrons. The Balaban J connectivity index is 1.51. The maximum atomic E-state index is 13.6. The zero-order valence-corrected chi connectivity index (χ0v) is 14.2. The zero-order valence-electron chi connectivity index (χ0n) is 12.6. The lowest BCUT2D eigenvalue weighted by Crippen LogP contribution is -2.15. The van der Waals surface area contributed by atoms with Crippen LogP contribution in [-0.4, -0.2) is 26.3 Å². The molecule has 0 bridgehead atoms. The van der Waals surface area contributed by atoms with Crippen LogP contribution in [0, 0.1) is 11.6 Å². The number of anilines is 1. The fourth-order valence-corrected chi connectivity index (χ4v) is 3.99. The number of carbonyl (C=O) groups is 1. The van der Waals surface area contributed by atoms with Gasteiger partial charge in [0.1, 0.15) is 23.0 Å². The standard InChI is InChI=1S/C16H10F2N4OS2/c17-9-1-2-11(10(18)5-9)20-15(23)7-25-16-13-6-14-12(3-4-24-14)22(13)8-19-21-16/h1-6,8H,7H2,(H,20,23). The largest absolute Gasteiger partial charge is 0.323 e. The third-order valence-electron chi connectivity index (χ3n) is 3.54. The molecule has 0 fully saturated rings. The number of nitrogens with one attached hydrogen (secondary N) is 1. The fourth-order valence-electron chi connectivity index (χ4n) is 2.43. The van der Waals surface area contributed by atoms with Gasteiger partial charge in [-0.25, -0.2) is 8.78 Å². The van der Waals surface area contributed by atoms with E-state index in [4.69, 9.17) is 0 Å². The Hall–Kier alpha value is -2.52. The third kappa shape index (κ3) is 3.08. The van der Waals surface area contributed by atoms with Crippen molar-refractivity contribution in [2.75, 3.05) is 11.1 Å². The minimum atomic E-state index is -0.813. The second-order valence-corrected chi connectivity index (χ2v) is 7.08. The molecule has 3 heterocycles. The van der Waals surface area contributed by atoms with Crippen LogP contribution in [0.3, 0.4) is 0 Å². The number of hydrogen-bond acceptors (Lipinski definition) is 5. The highest BCUT2D eigenvalue weighted by Gasteiger charge is 2.13. The summed E-state index contributed by atoms with van der Waals surface area (Å²) in [6.45, 7) is 0. The number of nitrogens with zero attached hydrogens (tertiary/aromatic N) is 3. The van der Waals surface area contributed by atoms with E-state index in [1.165, 1.54) is 17.8 Å². The maximum Gasteiger partial charge on any atom is 0.234 e. The summed E-state index contributed by atoms with van der Waals surface area (Å²) in [5, 5.41) is 13.1. The molecule has 5 nitrogen and oxygen atoms in total. The first-order valence-electron chi connectivity index (χ1n) is 7.19. The molecule has 0 atom stereocenters. The minimum Gasteiger partial charge on any atom is -0.323 e. The molecule has 9 heteroatoms. The molecule has 0 unspecified atom stereocenters. The molecule has 0 saturated carbocycles. The molecule has 0 radical (unpaired) electrons. The van der Waals surface area contributed by atoms with Crippen LogP contribution < -0.4 is 5.32 Å².